The summed E-state index contributed by atoms with van der Waals surface area (Å²) >= 11 is 0. The van der Waals surface area contributed by atoms with Crippen LogP contribution in [-0.2, 0) is 5.41 Å². The molecular formula is C44H26N2O. The van der Waals surface area contributed by atoms with Crippen molar-refractivity contribution >= 4 is 38.4 Å². The Morgan fingerprint density at radius 1 is 0.468 bits per heavy atom. The molecule has 9 aromatic rings. The standard InChI is InChI=1S/C44H26N2O/c1-4-16-34-30(12-1)31-13-2-5-17-35(31)44(34)36-18-6-10-23-41(36)47-42-28(15-11-19-37(42)44)27-24-25-29-32-14-3-8-21-39(32)46-40-22-9-7-20-38(40)45-43(46)33(29)26-27/h1-26H. The van der Waals surface area contributed by atoms with Gasteiger partial charge in [0.1, 0.15) is 17.1 Å². The minimum absolute atomic E-state index is 0.492. The molecule has 2 aromatic heterocycles. The molecule has 7 aromatic carbocycles. The molecule has 0 bridgehead atoms. The Kier molecular flexibility index (Phi) is 4.78. The molecular weight excluding hydrogens is 572 g/mol. The summed E-state index contributed by atoms with van der Waals surface area (Å²) in [5, 5.41) is 3.53. The second kappa shape index (κ2) is 8.96. The van der Waals surface area contributed by atoms with Crippen LogP contribution in [0, 0.1) is 0 Å². The van der Waals surface area contributed by atoms with Gasteiger partial charge in [-0.05, 0) is 63.5 Å². The topological polar surface area (TPSA) is 26.5 Å². The monoisotopic (exact) mass is 598 g/mol. The molecule has 47 heavy (non-hydrogen) atoms. The number of hydrogen-bond donors (Lipinski definition) is 0. The summed E-state index contributed by atoms with van der Waals surface area (Å²) in [6, 6.07) is 56.9. The van der Waals surface area contributed by atoms with E-state index in [-0.39, 0.29) is 0 Å². The third-order valence-electron chi connectivity index (χ3n) is 10.4. The first-order valence-electron chi connectivity index (χ1n) is 16.1. The molecule has 0 radical (unpaired) electrons. The molecule has 1 spiro atoms. The van der Waals surface area contributed by atoms with Crippen molar-refractivity contribution in [3.63, 3.8) is 0 Å². The zero-order valence-corrected chi connectivity index (χ0v) is 25.3. The predicted octanol–water partition coefficient (Wildman–Crippen LogP) is 10.9. The molecule has 0 amide bonds. The lowest BCUT2D eigenvalue weighted by Crippen LogP contribution is -2.32. The van der Waals surface area contributed by atoms with Gasteiger partial charge in [0.05, 0.1) is 22.0 Å². The summed E-state index contributed by atoms with van der Waals surface area (Å²) in [5.41, 5.74) is 13.4. The number of pyridine rings is 1. The number of para-hydroxylation sites is 5. The highest BCUT2D eigenvalue weighted by molar-refractivity contribution is 6.14. The molecule has 1 aliphatic carbocycles. The molecule has 0 fully saturated rings. The van der Waals surface area contributed by atoms with Crippen LogP contribution in [-0.4, -0.2) is 9.38 Å². The van der Waals surface area contributed by atoms with Gasteiger partial charge >= 0.3 is 0 Å². The van der Waals surface area contributed by atoms with Crippen molar-refractivity contribution in [1.29, 1.82) is 0 Å². The number of hydrogen-bond acceptors (Lipinski definition) is 2. The van der Waals surface area contributed by atoms with Crippen LogP contribution in [0.3, 0.4) is 0 Å². The fourth-order valence-electron chi connectivity index (χ4n) is 8.58. The molecule has 0 saturated heterocycles. The highest BCUT2D eigenvalue weighted by atomic mass is 16.5. The van der Waals surface area contributed by atoms with Crippen LogP contribution in [0.4, 0.5) is 0 Å². The first kappa shape index (κ1) is 25.1. The maximum absolute atomic E-state index is 6.98. The third-order valence-corrected chi connectivity index (χ3v) is 10.4. The van der Waals surface area contributed by atoms with Gasteiger partial charge < -0.3 is 4.74 Å². The highest BCUT2D eigenvalue weighted by Crippen LogP contribution is 2.63. The van der Waals surface area contributed by atoms with Gasteiger partial charge in [-0.15, -0.1) is 0 Å². The molecule has 3 heterocycles. The second-order valence-electron chi connectivity index (χ2n) is 12.7. The van der Waals surface area contributed by atoms with Crippen LogP contribution < -0.4 is 4.74 Å². The normalized spacial score (nSPS) is 13.9. The van der Waals surface area contributed by atoms with Gasteiger partial charge in [0.15, 0.2) is 0 Å². The van der Waals surface area contributed by atoms with Gasteiger partial charge in [0, 0.05) is 27.5 Å². The first-order chi connectivity index (χ1) is 23.3. The van der Waals surface area contributed by atoms with Crippen molar-refractivity contribution in [2.24, 2.45) is 0 Å². The zero-order chi connectivity index (χ0) is 30.7. The van der Waals surface area contributed by atoms with Crippen molar-refractivity contribution in [2.75, 3.05) is 0 Å². The van der Waals surface area contributed by atoms with E-state index in [4.69, 9.17) is 9.72 Å². The lowest BCUT2D eigenvalue weighted by Gasteiger charge is -2.40. The van der Waals surface area contributed by atoms with Crippen molar-refractivity contribution in [3.05, 3.63) is 180 Å². The Bertz CT molecular complexity index is 2740. The quantitative estimate of drug-likeness (QED) is 0.176. The van der Waals surface area contributed by atoms with Crippen LogP contribution in [0.15, 0.2) is 158 Å². The van der Waals surface area contributed by atoms with Crippen molar-refractivity contribution in [1.82, 2.24) is 9.38 Å². The van der Waals surface area contributed by atoms with Crippen LogP contribution in [0.2, 0.25) is 0 Å². The van der Waals surface area contributed by atoms with E-state index in [1.54, 1.807) is 0 Å². The Morgan fingerprint density at radius 2 is 1.11 bits per heavy atom. The molecule has 2 aliphatic rings. The Labute approximate surface area is 271 Å². The maximum atomic E-state index is 6.98. The average molecular weight is 599 g/mol. The van der Waals surface area contributed by atoms with E-state index < -0.39 is 5.41 Å². The number of ether oxygens (including phenoxy) is 1. The average Bonchev–Trinajstić information content (AvgIpc) is 3.67. The molecule has 0 atom stereocenters. The second-order valence-corrected chi connectivity index (χ2v) is 12.7. The van der Waals surface area contributed by atoms with Crippen LogP contribution in [0.25, 0.3) is 60.6 Å². The fraction of sp³-hybridized carbons (Fsp3) is 0.0227. The van der Waals surface area contributed by atoms with Crippen LogP contribution >= 0.6 is 0 Å². The summed E-state index contributed by atoms with van der Waals surface area (Å²) in [6.45, 7) is 0. The van der Waals surface area contributed by atoms with Gasteiger partial charge in [0.2, 0.25) is 0 Å². The summed E-state index contributed by atoms with van der Waals surface area (Å²) in [5.74, 6) is 1.80. The lowest BCUT2D eigenvalue weighted by molar-refractivity contribution is 0.438. The molecule has 3 heteroatoms. The predicted molar refractivity (Wildman–Crippen MR) is 191 cm³/mol. The fourth-order valence-corrected chi connectivity index (χ4v) is 8.58. The summed E-state index contributed by atoms with van der Waals surface area (Å²) in [6.07, 6.45) is 0. The van der Waals surface area contributed by atoms with E-state index >= 15 is 0 Å². The minimum atomic E-state index is -0.492. The van der Waals surface area contributed by atoms with Gasteiger partial charge in [-0.2, -0.15) is 0 Å². The van der Waals surface area contributed by atoms with E-state index in [2.05, 4.69) is 162 Å². The molecule has 1 aliphatic heterocycles. The Balaban J connectivity index is 1.24. The van der Waals surface area contributed by atoms with Crippen LogP contribution in [0.1, 0.15) is 22.3 Å². The molecule has 218 valence electrons. The smallest absolute Gasteiger partial charge is 0.146 e. The lowest BCUT2D eigenvalue weighted by atomic mass is 9.65. The molecule has 0 unspecified atom stereocenters. The van der Waals surface area contributed by atoms with Gasteiger partial charge in [-0.3, -0.25) is 4.40 Å². The first-order valence-corrected chi connectivity index (χ1v) is 16.1. The number of aromatic nitrogens is 2. The van der Waals surface area contributed by atoms with E-state index in [0.29, 0.717) is 0 Å². The minimum Gasteiger partial charge on any atom is -0.456 e. The van der Waals surface area contributed by atoms with Gasteiger partial charge in [0.25, 0.3) is 0 Å². The molecule has 0 saturated carbocycles. The van der Waals surface area contributed by atoms with Crippen molar-refractivity contribution in [2.45, 2.75) is 5.41 Å². The zero-order valence-electron chi connectivity index (χ0n) is 25.3. The summed E-state index contributed by atoms with van der Waals surface area (Å²) < 4.78 is 9.29. The van der Waals surface area contributed by atoms with E-state index in [1.807, 2.05) is 0 Å². The Hall–Kier alpha value is -6.19. The Morgan fingerprint density at radius 3 is 1.94 bits per heavy atom. The summed E-state index contributed by atoms with van der Waals surface area (Å²) in [4.78, 5) is 5.19. The number of benzene rings is 7. The number of imidazole rings is 1. The SMILES string of the molecule is c1ccc2c(c1)Oc1c(-c3ccc4c5ccccc5n5c6ccccc6nc5c4c3)cccc1C21c2ccccc2-c2ccccc21. The highest BCUT2D eigenvalue weighted by Gasteiger charge is 2.51. The van der Waals surface area contributed by atoms with Crippen molar-refractivity contribution < 1.29 is 4.74 Å². The van der Waals surface area contributed by atoms with E-state index in [1.165, 1.54) is 44.2 Å². The van der Waals surface area contributed by atoms with Crippen molar-refractivity contribution in [3.8, 4) is 33.8 Å². The molecule has 11 rings (SSSR count). The number of rotatable bonds is 1. The van der Waals surface area contributed by atoms with E-state index in [0.717, 1.165) is 50.2 Å². The maximum Gasteiger partial charge on any atom is 0.146 e. The van der Waals surface area contributed by atoms with Crippen LogP contribution in [0.5, 0.6) is 11.5 Å². The van der Waals surface area contributed by atoms with Gasteiger partial charge in [-0.1, -0.05) is 127 Å². The van der Waals surface area contributed by atoms with Gasteiger partial charge in [-0.25, -0.2) is 4.98 Å². The molecule has 3 nitrogen and oxygen atoms in total. The summed E-state index contributed by atoms with van der Waals surface area (Å²) in [7, 11) is 0. The largest absolute Gasteiger partial charge is 0.456 e. The number of fused-ring (bicyclic) bond motifs is 17. The third kappa shape index (κ3) is 3.09. The molecule has 0 N–H and O–H groups in total. The van der Waals surface area contributed by atoms with E-state index in [9.17, 15) is 0 Å². The number of nitrogens with zero attached hydrogens (tertiary/aromatic N) is 2.